The molecular formula is C21H18F2N4O3. The molecule has 0 fully saturated rings. The van der Waals surface area contributed by atoms with Crippen LogP contribution >= 0.6 is 0 Å². The molecule has 7 nitrogen and oxygen atoms in total. The summed E-state index contributed by atoms with van der Waals surface area (Å²) in [5.41, 5.74) is 1.87. The van der Waals surface area contributed by atoms with Gasteiger partial charge in [-0.3, -0.25) is 18.9 Å². The van der Waals surface area contributed by atoms with Crippen molar-refractivity contribution in [3.05, 3.63) is 58.6 Å². The van der Waals surface area contributed by atoms with Crippen LogP contribution in [0.4, 0.5) is 14.5 Å². The molecule has 0 aliphatic heterocycles. The van der Waals surface area contributed by atoms with Crippen LogP contribution in [-0.4, -0.2) is 34.2 Å². The third kappa shape index (κ3) is 3.03. The number of hydrogen-bond donors (Lipinski definition) is 1. The first kappa shape index (κ1) is 19.7. The summed E-state index contributed by atoms with van der Waals surface area (Å²) < 4.78 is 37.2. The van der Waals surface area contributed by atoms with Crippen LogP contribution in [-0.2, 0) is 23.1 Å². The zero-order valence-electron chi connectivity index (χ0n) is 16.3. The largest absolute Gasteiger partial charge is 0.383 e. The Morgan fingerprint density at radius 1 is 1.20 bits per heavy atom. The van der Waals surface area contributed by atoms with E-state index in [-0.39, 0.29) is 23.4 Å². The first-order valence-electron chi connectivity index (χ1n) is 9.13. The molecule has 4 aromatic rings. The van der Waals surface area contributed by atoms with Crippen LogP contribution in [0.2, 0.25) is 0 Å². The number of benzene rings is 2. The van der Waals surface area contributed by atoms with Crippen molar-refractivity contribution in [1.29, 1.82) is 0 Å². The van der Waals surface area contributed by atoms with Gasteiger partial charge in [-0.05, 0) is 29.8 Å². The summed E-state index contributed by atoms with van der Waals surface area (Å²) in [6, 6.07) is 7.69. The summed E-state index contributed by atoms with van der Waals surface area (Å²) in [5.74, 6) is -2.22. The highest BCUT2D eigenvalue weighted by Crippen LogP contribution is 2.32. The molecule has 0 saturated heterocycles. The van der Waals surface area contributed by atoms with Crippen molar-refractivity contribution in [2.45, 2.75) is 6.54 Å². The van der Waals surface area contributed by atoms with Crippen LogP contribution in [0.15, 0.2) is 41.3 Å². The number of pyridine rings is 1. The molecule has 30 heavy (non-hydrogen) atoms. The van der Waals surface area contributed by atoms with Gasteiger partial charge in [-0.15, -0.1) is 0 Å². The summed E-state index contributed by atoms with van der Waals surface area (Å²) in [6.07, 6.45) is 1.90. The number of carbonyl (C=O) groups excluding carboxylic acids is 1. The molecule has 0 aliphatic rings. The van der Waals surface area contributed by atoms with E-state index in [9.17, 15) is 18.4 Å². The predicted molar refractivity (Wildman–Crippen MR) is 109 cm³/mol. The van der Waals surface area contributed by atoms with E-state index in [1.165, 1.54) is 16.7 Å². The summed E-state index contributed by atoms with van der Waals surface area (Å²) in [4.78, 5) is 27.6. The van der Waals surface area contributed by atoms with Crippen LogP contribution in [0.3, 0.4) is 0 Å². The van der Waals surface area contributed by atoms with E-state index in [0.29, 0.717) is 40.7 Å². The number of fused-ring (bicyclic) bond motifs is 3. The van der Waals surface area contributed by atoms with Gasteiger partial charge in [0.2, 0.25) is 6.41 Å². The van der Waals surface area contributed by atoms with Crippen LogP contribution in [0.5, 0.6) is 0 Å². The first-order valence-corrected chi connectivity index (χ1v) is 9.13. The zero-order valence-corrected chi connectivity index (χ0v) is 16.3. The average Bonchev–Trinajstić information content (AvgIpc) is 3.00. The van der Waals surface area contributed by atoms with Gasteiger partial charge in [0, 0.05) is 25.1 Å². The normalized spacial score (nSPS) is 11.3. The standard InChI is InChI=1S/C21H18F2N4O3/c1-26-17-10-24-15-5-3-12(13-4-6-16(25-11-28)19(23)18(13)22)9-14(15)20(17)27(21(26)29)7-8-30-2/h3-6,9-11H,7-8H2,1-2H3,(H,25,28). The molecule has 9 heteroatoms. The van der Waals surface area contributed by atoms with E-state index >= 15 is 0 Å². The maximum absolute atomic E-state index is 14.7. The lowest BCUT2D eigenvalue weighted by Crippen LogP contribution is -2.23. The van der Waals surface area contributed by atoms with Crippen LogP contribution in [0, 0.1) is 11.6 Å². The van der Waals surface area contributed by atoms with E-state index in [0.717, 1.165) is 0 Å². The minimum atomic E-state index is -1.15. The van der Waals surface area contributed by atoms with Crippen molar-refractivity contribution in [1.82, 2.24) is 14.1 Å². The minimum absolute atomic E-state index is 0.0320. The van der Waals surface area contributed by atoms with Gasteiger partial charge >= 0.3 is 5.69 Å². The third-order valence-corrected chi connectivity index (χ3v) is 5.10. The zero-order chi connectivity index (χ0) is 21.4. The SMILES string of the molecule is COCCn1c(=O)n(C)c2cnc3ccc(-c4ccc(NC=O)c(F)c4F)cc3c21. The van der Waals surface area contributed by atoms with Crippen molar-refractivity contribution in [3.8, 4) is 11.1 Å². The van der Waals surface area contributed by atoms with Gasteiger partial charge < -0.3 is 10.1 Å². The van der Waals surface area contributed by atoms with Crippen LogP contribution in [0.25, 0.3) is 33.1 Å². The van der Waals surface area contributed by atoms with Crippen molar-refractivity contribution in [3.63, 3.8) is 0 Å². The predicted octanol–water partition coefficient (Wildman–Crippen LogP) is 3.05. The van der Waals surface area contributed by atoms with Gasteiger partial charge in [-0.1, -0.05) is 6.07 Å². The van der Waals surface area contributed by atoms with E-state index < -0.39 is 11.6 Å². The number of ether oxygens (including phenoxy) is 1. The Kier molecular flexibility index (Phi) is 5.04. The molecule has 2 aromatic carbocycles. The Balaban J connectivity index is 1.97. The lowest BCUT2D eigenvalue weighted by molar-refractivity contribution is -0.105. The lowest BCUT2D eigenvalue weighted by Gasteiger charge is -2.10. The van der Waals surface area contributed by atoms with Crippen LogP contribution < -0.4 is 11.0 Å². The average molecular weight is 412 g/mol. The number of carbonyl (C=O) groups is 1. The summed E-state index contributed by atoms with van der Waals surface area (Å²) in [7, 11) is 3.20. The number of imidazole rings is 1. The van der Waals surface area contributed by atoms with Gasteiger partial charge in [0.05, 0.1) is 41.6 Å². The molecule has 0 radical (unpaired) electrons. The molecule has 1 N–H and O–H groups in total. The molecule has 0 bridgehead atoms. The van der Waals surface area contributed by atoms with Crippen molar-refractivity contribution >= 4 is 34.0 Å². The highest BCUT2D eigenvalue weighted by molar-refractivity contribution is 6.04. The fourth-order valence-corrected chi connectivity index (χ4v) is 3.58. The highest BCUT2D eigenvalue weighted by atomic mass is 19.2. The maximum Gasteiger partial charge on any atom is 0.328 e. The Morgan fingerprint density at radius 2 is 2.00 bits per heavy atom. The van der Waals surface area contributed by atoms with Gasteiger partial charge in [0.1, 0.15) is 0 Å². The molecular weight excluding hydrogens is 394 g/mol. The number of rotatable bonds is 6. The van der Waals surface area contributed by atoms with Crippen molar-refractivity contribution in [2.24, 2.45) is 7.05 Å². The fraction of sp³-hybridized carbons (Fsp3) is 0.190. The van der Waals surface area contributed by atoms with Gasteiger partial charge in [-0.2, -0.15) is 0 Å². The lowest BCUT2D eigenvalue weighted by atomic mass is 10.0. The maximum atomic E-state index is 14.7. The van der Waals surface area contributed by atoms with Gasteiger partial charge in [0.15, 0.2) is 11.6 Å². The number of nitrogens with one attached hydrogen (secondary N) is 1. The molecule has 0 aliphatic carbocycles. The van der Waals surface area contributed by atoms with Gasteiger partial charge in [0.25, 0.3) is 0 Å². The molecule has 1 amide bonds. The molecule has 2 aromatic heterocycles. The second-order valence-corrected chi connectivity index (χ2v) is 6.76. The highest BCUT2D eigenvalue weighted by Gasteiger charge is 2.18. The molecule has 0 saturated carbocycles. The number of methoxy groups -OCH3 is 1. The second-order valence-electron chi connectivity index (χ2n) is 6.76. The third-order valence-electron chi connectivity index (χ3n) is 5.10. The Hall–Kier alpha value is -3.59. The summed E-state index contributed by atoms with van der Waals surface area (Å²) >= 11 is 0. The number of halogens is 2. The molecule has 0 unspecified atom stereocenters. The Morgan fingerprint density at radius 3 is 2.73 bits per heavy atom. The Bertz CT molecular complexity index is 1340. The number of anilines is 1. The summed E-state index contributed by atoms with van der Waals surface area (Å²) in [5, 5.41) is 2.76. The molecule has 0 atom stereocenters. The quantitative estimate of drug-likeness (QED) is 0.494. The van der Waals surface area contributed by atoms with Crippen molar-refractivity contribution < 1.29 is 18.3 Å². The monoisotopic (exact) mass is 412 g/mol. The number of aromatic nitrogens is 3. The van der Waals surface area contributed by atoms with Gasteiger partial charge in [-0.25, -0.2) is 13.6 Å². The van der Waals surface area contributed by atoms with Crippen LogP contribution in [0.1, 0.15) is 0 Å². The second kappa shape index (κ2) is 7.68. The number of aryl methyl sites for hydroxylation is 1. The fourth-order valence-electron chi connectivity index (χ4n) is 3.58. The smallest absolute Gasteiger partial charge is 0.328 e. The number of hydrogen-bond acceptors (Lipinski definition) is 4. The van der Waals surface area contributed by atoms with Crippen molar-refractivity contribution in [2.75, 3.05) is 19.0 Å². The molecule has 0 spiro atoms. The topological polar surface area (TPSA) is 78.2 Å². The number of amides is 1. The molecule has 154 valence electrons. The minimum Gasteiger partial charge on any atom is -0.383 e. The van der Waals surface area contributed by atoms with E-state index in [1.807, 2.05) is 0 Å². The van der Waals surface area contributed by atoms with E-state index in [1.54, 1.807) is 43.1 Å². The first-order chi connectivity index (χ1) is 14.5. The van der Waals surface area contributed by atoms with E-state index in [4.69, 9.17) is 4.74 Å². The Labute approximate surface area is 169 Å². The molecule has 4 rings (SSSR count). The number of nitrogens with zero attached hydrogens (tertiary/aromatic N) is 3. The molecule has 2 heterocycles. The summed E-state index contributed by atoms with van der Waals surface area (Å²) in [6.45, 7) is 0.679. The van der Waals surface area contributed by atoms with E-state index in [2.05, 4.69) is 10.3 Å².